The summed E-state index contributed by atoms with van der Waals surface area (Å²) in [6.07, 6.45) is 0. The first-order valence-electron chi connectivity index (χ1n) is 14.5. The molecule has 0 saturated carbocycles. The first-order chi connectivity index (χ1) is 21.7. The van der Waals surface area contributed by atoms with Gasteiger partial charge in [-0.1, -0.05) is 91.0 Å². The van der Waals surface area contributed by atoms with E-state index >= 15 is 0 Å². The number of hydrogen-bond acceptors (Lipinski definition) is 4. The third-order valence-corrected chi connectivity index (χ3v) is 11.3. The Morgan fingerprint density at radius 3 is 1.93 bits per heavy atom. The van der Waals surface area contributed by atoms with E-state index in [1.807, 2.05) is 17.4 Å². The van der Waals surface area contributed by atoms with Gasteiger partial charge in [0.1, 0.15) is 0 Å². The predicted octanol–water partition coefficient (Wildman–Crippen LogP) is 11.8. The Hall–Kier alpha value is -4.81. The summed E-state index contributed by atoms with van der Waals surface area (Å²) >= 11 is 10.1. The zero-order valence-corrected chi connectivity index (χ0v) is 25.5. The molecule has 10 aromatic rings. The van der Waals surface area contributed by atoms with Crippen molar-refractivity contribution >= 4 is 107 Å². The van der Waals surface area contributed by atoms with Crippen molar-refractivity contribution < 1.29 is 0 Å². The molecule has 0 aliphatic carbocycles. The zero-order valence-electron chi connectivity index (χ0n) is 23.1. The van der Waals surface area contributed by atoms with Crippen LogP contribution >= 0.6 is 34.3 Å². The van der Waals surface area contributed by atoms with Crippen molar-refractivity contribution in [3.05, 3.63) is 127 Å². The molecule has 0 spiro atoms. The number of nitrogens with zero attached hydrogens (tertiary/aromatic N) is 3. The van der Waals surface area contributed by atoms with Crippen molar-refractivity contribution in [2.24, 2.45) is 0 Å². The molecule has 0 amide bonds. The topological polar surface area (TPSA) is 30.7 Å². The first kappa shape index (κ1) is 24.6. The minimum atomic E-state index is 0.265. The zero-order chi connectivity index (χ0) is 28.9. The van der Waals surface area contributed by atoms with Crippen LogP contribution in [0.4, 0.5) is 0 Å². The van der Waals surface area contributed by atoms with E-state index in [4.69, 9.17) is 16.6 Å². The van der Waals surface area contributed by atoms with Gasteiger partial charge in [-0.2, -0.15) is 0 Å². The molecular formula is C38H20ClN3S2. The molecule has 6 heteroatoms. The highest BCUT2D eigenvalue weighted by Crippen LogP contribution is 2.48. The highest BCUT2D eigenvalue weighted by atomic mass is 35.5. The van der Waals surface area contributed by atoms with Crippen LogP contribution in [0, 0.1) is 0 Å². The summed E-state index contributed by atoms with van der Waals surface area (Å²) < 4.78 is 7.33. The second-order valence-electron chi connectivity index (χ2n) is 11.1. The number of aromatic nitrogens is 3. The van der Waals surface area contributed by atoms with Gasteiger partial charge < -0.3 is 4.57 Å². The molecule has 6 aromatic carbocycles. The monoisotopic (exact) mass is 617 g/mol. The Morgan fingerprint density at radius 2 is 1.14 bits per heavy atom. The number of hydrogen-bond donors (Lipinski definition) is 0. The van der Waals surface area contributed by atoms with Crippen molar-refractivity contribution in [3.63, 3.8) is 0 Å². The standard InChI is InChI=1S/C38H20ClN3S2/c39-38-40-33(37-34(41-38)27-13-5-8-16-30(27)44-37)21-17-19-22(20-18-21)42-28-14-6-3-11-25(28)32-35(42)24-10-2-1-9-23(24)31-26-12-4-7-15-29(26)43-36(31)32/h1-20H. The lowest BCUT2D eigenvalue weighted by Crippen LogP contribution is -1.95. The van der Waals surface area contributed by atoms with Crippen LogP contribution in [-0.2, 0) is 0 Å². The average Bonchev–Trinajstić information content (AvgIpc) is 3.75. The molecule has 0 bridgehead atoms. The van der Waals surface area contributed by atoms with Gasteiger partial charge in [0.15, 0.2) is 0 Å². The Kier molecular flexibility index (Phi) is 5.09. The summed E-state index contributed by atoms with van der Waals surface area (Å²) in [5.74, 6) is 0. The van der Waals surface area contributed by atoms with Crippen LogP contribution in [0.25, 0.3) is 90.0 Å². The van der Waals surface area contributed by atoms with Crippen molar-refractivity contribution in [2.75, 3.05) is 0 Å². The summed E-state index contributed by atoms with van der Waals surface area (Å²) in [5.41, 5.74) is 6.34. The molecule has 0 atom stereocenters. The SMILES string of the molecule is Clc1nc(-c2ccc(-n3c4ccccc4c4c5sc6ccccc6c5c5ccccc5c43)cc2)c2sc3ccccc3c2n1. The van der Waals surface area contributed by atoms with Crippen LogP contribution in [0.2, 0.25) is 5.28 Å². The van der Waals surface area contributed by atoms with E-state index in [1.165, 1.54) is 57.5 Å². The molecule has 0 unspecified atom stereocenters. The lowest BCUT2D eigenvalue weighted by atomic mass is 10.00. The van der Waals surface area contributed by atoms with Crippen molar-refractivity contribution in [1.29, 1.82) is 0 Å². The van der Waals surface area contributed by atoms with Gasteiger partial charge in [-0.3, -0.25) is 0 Å². The molecule has 4 aromatic heterocycles. The second kappa shape index (κ2) is 9.10. The van der Waals surface area contributed by atoms with Gasteiger partial charge in [0.25, 0.3) is 0 Å². The molecule has 4 heterocycles. The van der Waals surface area contributed by atoms with Crippen LogP contribution in [0.5, 0.6) is 0 Å². The maximum absolute atomic E-state index is 6.49. The fraction of sp³-hybridized carbons (Fsp3) is 0. The van der Waals surface area contributed by atoms with Crippen LogP contribution < -0.4 is 0 Å². The molecule has 0 N–H and O–H groups in total. The van der Waals surface area contributed by atoms with E-state index in [0.29, 0.717) is 0 Å². The van der Waals surface area contributed by atoms with E-state index in [9.17, 15) is 0 Å². The van der Waals surface area contributed by atoms with Gasteiger partial charge >= 0.3 is 0 Å². The van der Waals surface area contributed by atoms with Gasteiger partial charge in [0.05, 0.1) is 26.9 Å². The molecule has 3 nitrogen and oxygen atoms in total. The number of benzene rings is 6. The van der Waals surface area contributed by atoms with Gasteiger partial charge in [0.2, 0.25) is 5.28 Å². The average molecular weight is 618 g/mol. The van der Waals surface area contributed by atoms with E-state index in [-0.39, 0.29) is 5.28 Å². The predicted molar refractivity (Wildman–Crippen MR) is 190 cm³/mol. The summed E-state index contributed by atoms with van der Waals surface area (Å²) in [5, 5.41) is 9.17. The second-order valence-corrected chi connectivity index (χ2v) is 13.5. The fourth-order valence-electron chi connectivity index (χ4n) is 6.92. The van der Waals surface area contributed by atoms with Gasteiger partial charge in [-0.15, -0.1) is 22.7 Å². The molecule has 44 heavy (non-hydrogen) atoms. The van der Waals surface area contributed by atoms with Crippen LogP contribution in [0.3, 0.4) is 0 Å². The van der Waals surface area contributed by atoms with Crippen LogP contribution in [0.15, 0.2) is 121 Å². The van der Waals surface area contributed by atoms with E-state index in [2.05, 4.69) is 125 Å². The Morgan fingerprint density at radius 1 is 0.523 bits per heavy atom. The lowest BCUT2D eigenvalue weighted by Gasteiger charge is -2.12. The maximum Gasteiger partial charge on any atom is 0.223 e. The summed E-state index contributed by atoms with van der Waals surface area (Å²) in [6, 6.07) is 43.5. The third-order valence-electron chi connectivity index (χ3n) is 8.74. The van der Waals surface area contributed by atoms with Crippen LogP contribution in [0.1, 0.15) is 0 Å². The number of thiophene rings is 2. The molecular weight excluding hydrogens is 598 g/mol. The Bertz CT molecular complexity index is 2790. The summed E-state index contributed by atoms with van der Waals surface area (Å²) in [7, 11) is 0. The van der Waals surface area contributed by atoms with Gasteiger partial charge in [0, 0.05) is 57.7 Å². The highest BCUT2D eigenvalue weighted by molar-refractivity contribution is 7.27. The molecule has 206 valence electrons. The minimum Gasteiger partial charge on any atom is -0.309 e. The van der Waals surface area contributed by atoms with Crippen LogP contribution in [-0.4, -0.2) is 14.5 Å². The molecule has 0 fully saturated rings. The molecule has 10 rings (SSSR count). The number of rotatable bonds is 2. The normalized spacial score (nSPS) is 12.2. The number of para-hydroxylation sites is 1. The molecule has 0 radical (unpaired) electrons. The van der Waals surface area contributed by atoms with Crippen molar-refractivity contribution in [1.82, 2.24) is 14.5 Å². The summed E-state index contributed by atoms with van der Waals surface area (Å²) in [6.45, 7) is 0. The number of fused-ring (bicyclic) bond motifs is 13. The Labute approximate surface area is 264 Å². The van der Waals surface area contributed by atoms with Crippen molar-refractivity contribution in [2.45, 2.75) is 0 Å². The van der Waals surface area contributed by atoms with Gasteiger partial charge in [-0.05, 0) is 47.3 Å². The summed E-state index contributed by atoms with van der Waals surface area (Å²) in [4.78, 5) is 9.32. The largest absolute Gasteiger partial charge is 0.309 e. The molecule has 0 saturated heterocycles. The molecule has 0 aliphatic heterocycles. The van der Waals surface area contributed by atoms with Crippen molar-refractivity contribution in [3.8, 4) is 16.9 Å². The van der Waals surface area contributed by atoms with E-state index in [1.54, 1.807) is 11.3 Å². The third kappa shape index (κ3) is 3.32. The van der Waals surface area contributed by atoms with Gasteiger partial charge in [-0.25, -0.2) is 9.97 Å². The minimum absolute atomic E-state index is 0.265. The quantitative estimate of drug-likeness (QED) is 0.181. The Balaban J connectivity index is 1.27. The molecule has 0 aliphatic rings. The number of halogens is 1. The van der Waals surface area contributed by atoms with E-state index in [0.717, 1.165) is 32.5 Å². The smallest absolute Gasteiger partial charge is 0.223 e. The highest BCUT2D eigenvalue weighted by Gasteiger charge is 2.22. The fourth-order valence-corrected chi connectivity index (χ4v) is 9.52. The maximum atomic E-state index is 6.49. The van der Waals surface area contributed by atoms with E-state index < -0.39 is 0 Å². The lowest BCUT2D eigenvalue weighted by molar-refractivity contribution is 1.18. The first-order valence-corrected chi connectivity index (χ1v) is 16.5.